The fourth-order valence-electron chi connectivity index (χ4n) is 2.21. The second kappa shape index (κ2) is 4.85. The number of fused-ring (bicyclic) bond motifs is 1. The Balaban J connectivity index is 1.92. The van der Waals surface area contributed by atoms with Crippen LogP contribution in [0, 0.1) is 0 Å². The molecule has 1 unspecified atom stereocenters. The summed E-state index contributed by atoms with van der Waals surface area (Å²) in [5, 5.41) is 13.3. The summed E-state index contributed by atoms with van der Waals surface area (Å²) in [4.78, 5) is 13.1. The summed E-state index contributed by atoms with van der Waals surface area (Å²) >= 11 is 5.71. The number of anilines is 1. The minimum absolute atomic E-state index is 0.136. The molecule has 0 aliphatic carbocycles. The van der Waals surface area contributed by atoms with Crippen LogP contribution >= 0.6 is 11.6 Å². The Bertz CT molecular complexity index is 668. The van der Waals surface area contributed by atoms with Gasteiger partial charge in [0.25, 0.3) is 0 Å². The van der Waals surface area contributed by atoms with Crippen LogP contribution in [-0.4, -0.2) is 23.1 Å². The van der Waals surface area contributed by atoms with Gasteiger partial charge in [0.2, 0.25) is 0 Å². The normalized spacial score (nSPS) is 15.8. The molecule has 2 aromatic rings. The monoisotopic (exact) mass is 292 g/mol. The van der Waals surface area contributed by atoms with E-state index in [2.05, 4.69) is 5.32 Å². The van der Waals surface area contributed by atoms with E-state index in [1.54, 1.807) is 36.2 Å². The topological polar surface area (TPSA) is 65.7 Å². The Hall–Kier alpha value is -1.98. The lowest BCUT2D eigenvalue weighted by Crippen LogP contribution is -2.35. The highest BCUT2D eigenvalue weighted by Gasteiger charge is 2.21. The first-order valence-corrected chi connectivity index (χ1v) is 6.50. The number of carbonyl (C=O) groups is 1. The molecule has 0 saturated heterocycles. The van der Waals surface area contributed by atoms with Crippen LogP contribution in [-0.2, 0) is 6.54 Å². The van der Waals surface area contributed by atoms with Crippen molar-refractivity contribution in [1.82, 2.24) is 4.90 Å². The molecule has 0 bridgehead atoms. The van der Waals surface area contributed by atoms with Crippen LogP contribution in [0.2, 0.25) is 5.22 Å². The fraction of sp³-hybridized carbons (Fsp3) is 0.214. The van der Waals surface area contributed by atoms with Crippen LogP contribution in [0.5, 0.6) is 0 Å². The summed E-state index contributed by atoms with van der Waals surface area (Å²) in [5.74, 6) is 0.392. The average molecular weight is 293 g/mol. The van der Waals surface area contributed by atoms with Gasteiger partial charge in [0.1, 0.15) is 11.9 Å². The minimum atomic E-state index is -0.879. The van der Waals surface area contributed by atoms with Gasteiger partial charge in [-0.25, -0.2) is 4.79 Å². The predicted molar refractivity (Wildman–Crippen MR) is 74.7 cm³/mol. The Morgan fingerprint density at radius 2 is 2.20 bits per heavy atom. The molecule has 1 aromatic carbocycles. The third kappa shape index (κ3) is 2.26. The summed E-state index contributed by atoms with van der Waals surface area (Å²) in [7, 11) is 1.72. The maximum atomic E-state index is 11.5. The smallest absolute Gasteiger partial charge is 0.321 e. The third-order valence-electron chi connectivity index (χ3n) is 3.30. The molecular weight excluding hydrogens is 280 g/mol. The molecule has 2 heterocycles. The van der Waals surface area contributed by atoms with E-state index < -0.39 is 6.10 Å². The Morgan fingerprint density at radius 1 is 1.40 bits per heavy atom. The summed E-state index contributed by atoms with van der Waals surface area (Å²) in [6.45, 7) is 0.501. The standard InChI is InChI=1S/C14H13ClN2O3/c1-17-7-9-6-8(2-3-10(9)16-14(17)19)13(18)11-4-5-12(15)20-11/h2-6,13,18H,7H2,1H3,(H,16,19). The molecule has 0 fully saturated rings. The van der Waals surface area contributed by atoms with Crippen LogP contribution in [0.3, 0.4) is 0 Å². The number of amides is 2. The summed E-state index contributed by atoms with van der Waals surface area (Å²) in [5.41, 5.74) is 2.40. The predicted octanol–water partition coefficient (Wildman–Crippen LogP) is 2.99. The minimum Gasteiger partial charge on any atom is -0.447 e. The van der Waals surface area contributed by atoms with Gasteiger partial charge in [-0.05, 0) is 47.0 Å². The van der Waals surface area contributed by atoms with Crippen LogP contribution in [0.1, 0.15) is 23.0 Å². The molecular formula is C14H13ClN2O3. The first-order valence-electron chi connectivity index (χ1n) is 6.13. The van der Waals surface area contributed by atoms with Gasteiger partial charge in [0, 0.05) is 19.3 Å². The number of carbonyl (C=O) groups excluding carboxylic acids is 1. The van der Waals surface area contributed by atoms with Crippen molar-refractivity contribution in [3.05, 3.63) is 52.4 Å². The lowest BCUT2D eigenvalue weighted by Gasteiger charge is -2.26. The van der Waals surface area contributed by atoms with Crippen molar-refractivity contribution in [2.24, 2.45) is 0 Å². The molecule has 1 aromatic heterocycles. The van der Waals surface area contributed by atoms with Crippen molar-refractivity contribution >= 4 is 23.3 Å². The number of hydrogen-bond acceptors (Lipinski definition) is 3. The maximum Gasteiger partial charge on any atom is 0.321 e. The Labute approximate surface area is 120 Å². The fourth-order valence-corrected chi connectivity index (χ4v) is 2.37. The van der Waals surface area contributed by atoms with Gasteiger partial charge < -0.3 is 19.7 Å². The lowest BCUT2D eigenvalue weighted by atomic mass is 10.0. The van der Waals surface area contributed by atoms with Gasteiger partial charge in [-0.1, -0.05) is 6.07 Å². The first kappa shape index (κ1) is 13.0. The van der Waals surface area contributed by atoms with E-state index in [0.29, 0.717) is 17.9 Å². The van der Waals surface area contributed by atoms with Crippen molar-refractivity contribution in [3.8, 4) is 0 Å². The SMILES string of the molecule is CN1Cc2cc(C(O)c3ccc(Cl)o3)ccc2NC1=O. The highest BCUT2D eigenvalue weighted by molar-refractivity contribution is 6.28. The summed E-state index contributed by atoms with van der Waals surface area (Å²) in [6, 6.07) is 8.48. The zero-order valence-corrected chi connectivity index (χ0v) is 11.5. The average Bonchev–Trinajstić information content (AvgIpc) is 2.85. The molecule has 20 heavy (non-hydrogen) atoms. The number of nitrogens with one attached hydrogen (secondary N) is 1. The molecule has 6 heteroatoms. The third-order valence-corrected chi connectivity index (χ3v) is 3.51. The number of rotatable bonds is 2. The van der Waals surface area contributed by atoms with E-state index >= 15 is 0 Å². The molecule has 0 spiro atoms. The quantitative estimate of drug-likeness (QED) is 0.894. The summed E-state index contributed by atoms with van der Waals surface area (Å²) < 4.78 is 5.22. The van der Waals surface area contributed by atoms with Crippen molar-refractivity contribution in [1.29, 1.82) is 0 Å². The van der Waals surface area contributed by atoms with Gasteiger partial charge in [0.05, 0.1) is 0 Å². The van der Waals surface area contributed by atoms with Gasteiger partial charge in [-0.3, -0.25) is 0 Å². The van der Waals surface area contributed by atoms with E-state index in [4.69, 9.17) is 16.0 Å². The molecule has 2 amide bonds. The molecule has 1 aliphatic rings. The maximum absolute atomic E-state index is 11.5. The van der Waals surface area contributed by atoms with Crippen LogP contribution in [0.4, 0.5) is 10.5 Å². The largest absolute Gasteiger partial charge is 0.447 e. The number of benzene rings is 1. The number of halogens is 1. The van der Waals surface area contributed by atoms with E-state index in [-0.39, 0.29) is 11.3 Å². The zero-order valence-electron chi connectivity index (χ0n) is 10.8. The second-order valence-corrected chi connectivity index (χ2v) is 5.12. The number of hydrogen-bond donors (Lipinski definition) is 2. The van der Waals surface area contributed by atoms with Crippen molar-refractivity contribution in [2.75, 3.05) is 12.4 Å². The molecule has 1 atom stereocenters. The van der Waals surface area contributed by atoms with Crippen molar-refractivity contribution < 1.29 is 14.3 Å². The lowest BCUT2D eigenvalue weighted by molar-refractivity contribution is 0.189. The van der Waals surface area contributed by atoms with Crippen LogP contribution in [0.15, 0.2) is 34.7 Å². The number of nitrogens with zero attached hydrogens (tertiary/aromatic N) is 1. The Kier molecular flexibility index (Phi) is 3.16. The molecule has 104 valence electrons. The Morgan fingerprint density at radius 3 is 2.90 bits per heavy atom. The molecule has 1 aliphatic heterocycles. The first-order chi connectivity index (χ1) is 9.54. The highest BCUT2D eigenvalue weighted by Crippen LogP contribution is 2.30. The van der Waals surface area contributed by atoms with E-state index in [1.807, 2.05) is 6.07 Å². The molecule has 0 radical (unpaired) electrons. The number of urea groups is 1. The van der Waals surface area contributed by atoms with Crippen LogP contribution < -0.4 is 5.32 Å². The van der Waals surface area contributed by atoms with Crippen molar-refractivity contribution in [3.63, 3.8) is 0 Å². The van der Waals surface area contributed by atoms with E-state index in [0.717, 1.165) is 11.3 Å². The zero-order chi connectivity index (χ0) is 14.3. The second-order valence-electron chi connectivity index (χ2n) is 4.75. The van der Waals surface area contributed by atoms with Gasteiger partial charge >= 0.3 is 6.03 Å². The van der Waals surface area contributed by atoms with Crippen LogP contribution in [0.25, 0.3) is 0 Å². The van der Waals surface area contributed by atoms with E-state index in [1.165, 1.54) is 0 Å². The molecule has 5 nitrogen and oxygen atoms in total. The summed E-state index contributed by atoms with van der Waals surface area (Å²) in [6.07, 6.45) is -0.879. The molecule has 0 saturated carbocycles. The van der Waals surface area contributed by atoms with Gasteiger partial charge in [-0.15, -0.1) is 0 Å². The van der Waals surface area contributed by atoms with Gasteiger partial charge in [-0.2, -0.15) is 0 Å². The van der Waals surface area contributed by atoms with E-state index in [9.17, 15) is 9.90 Å². The number of furan rings is 1. The number of aliphatic hydroxyl groups is 1. The van der Waals surface area contributed by atoms with Gasteiger partial charge in [0.15, 0.2) is 5.22 Å². The highest BCUT2D eigenvalue weighted by atomic mass is 35.5. The number of aliphatic hydroxyl groups excluding tert-OH is 1. The van der Waals surface area contributed by atoms with Crippen molar-refractivity contribution in [2.45, 2.75) is 12.6 Å². The molecule has 3 rings (SSSR count). The molecule has 2 N–H and O–H groups in total.